The molecule has 1 atom stereocenters. The van der Waals surface area contributed by atoms with Crippen LogP contribution in [0.5, 0.6) is 0 Å². The van der Waals surface area contributed by atoms with Gasteiger partial charge in [-0.15, -0.1) is 0 Å². The van der Waals surface area contributed by atoms with Crippen LogP contribution in [0.15, 0.2) is 42.7 Å². The average Bonchev–Trinajstić information content (AvgIpc) is 3.15. The topological polar surface area (TPSA) is 64.4 Å². The van der Waals surface area contributed by atoms with Gasteiger partial charge in [0.1, 0.15) is 0 Å². The monoisotopic (exact) mass is 355 g/mol. The van der Waals surface area contributed by atoms with Crippen molar-refractivity contribution in [2.24, 2.45) is 0 Å². The molecular formula is C20H25N3O3. The van der Waals surface area contributed by atoms with Gasteiger partial charge in [0.25, 0.3) is 5.91 Å². The SMILES string of the molecule is CCC1CCCCN1C(=O)COC(=O)Cc1cnn(-c2ccccc2)c1. The summed E-state index contributed by atoms with van der Waals surface area (Å²) in [7, 11) is 0. The van der Waals surface area contributed by atoms with Gasteiger partial charge >= 0.3 is 5.97 Å². The number of rotatable bonds is 6. The van der Waals surface area contributed by atoms with E-state index in [9.17, 15) is 9.59 Å². The van der Waals surface area contributed by atoms with E-state index in [-0.39, 0.29) is 25.0 Å². The quantitative estimate of drug-likeness (QED) is 0.748. The Morgan fingerprint density at radius 3 is 2.81 bits per heavy atom. The fourth-order valence-electron chi connectivity index (χ4n) is 3.37. The molecule has 6 nitrogen and oxygen atoms in total. The Kier molecular flexibility index (Phi) is 6.04. The highest BCUT2D eigenvalue weighted by Crippen LogP contribution is 2.19. The first-order chi connectivity index (χ1) is 12.7. The Morgan fingerprint density at radius 1 is 1.23 bits per heavy atom. The number of carbonyl (C=O) groups excluding carboxylic acids is 2. The maximum Gasteiger partial charge on any atom is 0.310 e. The second kappa shape index (κ2) is 8.65. The van der Waals surface area contributed by atoms with E-state index >= 15 is 0 Å². The number of amides is 1. The summed E-state index contributed by atoms with van der Waals surface area (Å²) < 4.78 is 6.92. The third-order valence-electron chi connectivity index (χ3n) is 4.78. The number of aromatic nitrogens is 2. The summed E-state index contributed by atoms with van der Waals surface area (Å²) in [6, 6.07) is 9.96. The van der Waals surface area contributed by atoms with Crippen LogP contribution in [0.3, 0.4) is 0 Å². The van der Waals surface area contributed by atoms with Crippen LogP contribution in [0.4, 0.5) is 0 Å². The van der Waals surface area contributed by atoms with E-state index in [4.69, 9.17) is 4.74 Å². The number of carbonyl (C=O) groups is 2. The van der Waals surface area contributed by atoms with Crippen LogP contribution in [0, 0.1) is 0 Å². The summed E-state index contributed by atoms with van der Waals surface area (Å²) in [5, 5.41) is 4.26. The van der Waals surface area contributed by atoms with Crippen LogP contribution in [0.1, 0.15) is 38.2 Å². The molecule has 138 valence electrons. The van der Waals surface area contributed by atoms with Crippen molar-refractivity contribution in [3.05, 3.63) is 48.3 Å². The lowest BCUT2D eigenvalue weighted by Gasteiger charge is -2.35. The van der Waals surface area contributed by atoms with E-state index in [2.05, 4.69) is 12.0 Å². The molecule has 3 rings (SSSR count). The minimum absolute atomic E-state index is 0.0927. The molecular weight excluding hydrogens is 330 g/mol. The Balaban J connectivity index is 1.50. The summed E-state index contributed by atoms with van der Waals surface area (Å²) >= 11 is 0. The van der Waals surface area contributed by atoms with E-state index < -0.39 is 5.97 Å². The first-order valence-electron chi connectivity index (χ1n) is 9.21. The van der Waals surface area contributed by atoms with Gasteiger partial charge < -0.3 is 9.64 Å². The first-order valence-corrected chi connectivity index (χ1v) is 9.21. The maximum atomic E-state index is 12.3. The minimum atomic E-state index is -0.406. The summed E-state index contributed by atoms with van der Waals surface area (Å²) in [6.45, 7) is 2.67. The molecule has 0 radical (unpaired) electrons. The smallest absolute Gasteiger partial charge is 0.310 e. The highest BCUT2D eigenvalue weighted by Gasteiger charge is 2.25. The fourth-order valence-corrected chi connectivity index (χ4v) is 3.37. The number of ether oxygens (including phenoxy) is 1. The molecule has 2 aromatic rings. The first kappa shape index (κ1) is 18.2. The molecule has 1 aromatic carbocycles. The zero-order chi connectivity index (χ0) is 18.4. The van der Waals surface area contributed by atoms with Gasteiger partial charge in [-0.3, -0.25) is 9.59 Å². The summed E-state index contributed by atoms with van der Waals surface area (Å²) in [6.07, 6.45) is 7.72. The molecule has 1 aliphatic rings. The third-order valence-corrected chi connectivity index (χ3v) is 4.78. The Labute approximate surface area is 153 Å². The van der Waals surface area contributed by atoms with Crippen molar-refractivity contribution in [2.75, 3.05) is 13.2 Å². The number of nitrogens with zero attached hydrogens (tertiary/aromatic N) is 3. The van der Waals surface area contributed by atoms with Crippen LogP contribution >= 0.6 is 0 Å². The molecule has 0 N–H and O–H groups in total. The van der Waals surface area contributed by atoms with Gasteiger partial charge in [-0.25, -0.2) is 4.68 Å². The maximum absolute atomic E-state index is 12.3. The summed E-state index contributed by atoms with van der Waals surface area (Å²) in [5.41, 5.74) is 1.69. The third kappa shape index (κ3) is 4.50. The van der Waals surface area contributed by atoms with Crippen molar-refractivity contribution in [1.29, 1.82) is 0 Å². The van der Waals surface area contributed by atoms with Crippen LogP contribution in [-0.2, 0) is 20.7 Å². The lowest BCUT2D eigenvalue weighted by Crippen LogP contribution is -2.45. The van der Waals surface area contributed by atoms with E-state index in [1.807, 2.05) is 35.2 Å². The standard InChI is InChI=1S/C20H25N3O3/c1-2-17-8-6-7-11-22(17)19(24)15-26-20(25)12-16-13-21-23(14-16)18-9-4-3-5-10-18/h3-5,9-10,13-14,17H,2,6-8,11-12,15H2,1H3. The number of hydrogen-bond donors (Lipinski definition) is 0. The van der Waals surface area contributed by atoms with Gasteiger partial charge in [0.15, 0.2) is 6.61 Å². The Bertz CT molecular complexity index is 742. The molecule has 1 saturated heterocycles. The average molecular weight is 355 g/mol. The van der Waals surface area contributed by atoms with Crippen LogP contribution in [-0.4, -0.2) is 45.8 Å². The van der Waals surface area contributed by atoms with Gasteiger partial charge in [-0.05, 0) is 37.8 Å². The molecule has 1 fully saturated rings. The zero-order valence-corrected chi connectivity index (χ0v) is 15.1. The fraction of sp³-hybridized carbons (Fsp3) is 0.450. The van der Waals surface area contributed by atoms with Crippen molar-refractivity contribution >= 4 is 11.9 Å². The van der Waals surface area contributed by atoms with E-state index in [1.54, 1.807) is 17.1 Å². The van der Waals surface area contributed by atoms with Crippen LogP contribution in [0.2, 0.25) is 0 Å². The molecule has 26 heavy (non-hydrogen) atoms. The highest BCUT2D eigenvalue weighted by molar-refractivity contribution is 5.81. The molecule has 1 aromatic heterocycles. The lowest BCUT2D eigenvalue weighted by atomic mass is 10.00. The number of para-hydroxylation sites is 1. The van der Waals surface area contributed by atoms with Crippen molar-refractivity contribution < 1.29 is 14.3 Å². The molecule has 6 heteroatoms. The van der Waals surface area contributed by atoms with Crippen molar-refractivity contribution in [2.45, 2.75) is 45.1 Å². The zero-order valence-electron chi connectivity index (χ0n) is 15.1. The van der Waals surface area contributed by atoms with Crippen LogP contribution in [0.25, 0.3) is 5.69 Å². The van der Waals surface area contributed by atoms with Gasteiger partial charge in [0.2, 0.25) is 0 Å². The molecule has 2 heterocycles. The summed E-state index contributed by atoms with van der Waals surface area (Å²) in [5.74, 6) is -0.499. The molecule has 1 amide bonds. The Hall–Kier alpha value is -2.63. The second-order valence-corrected chi connectivity index (χ2v) is 6.61. The minimum Gasteiger partial charge on any atom is -0.455 e. The number of piperidine rings is 1. The van der Waals surface area contributed by atoms with Gasteiger partial charge in [0, 0.05) is 24.3 Å². The van der Waals surface area contributed by atoms with Crippen LogP contribution < -0.4 is 0 Å². The molecule has 0 spiro atoms. The Morgan fingerprint density at radius 2 is 2.04 bits per heavy atom. The molecule has 0 aliphatic carbocycles. The lowest BCUT2D eigenvalue weighted by molar-refractivity contribution is -0.153. The van der Waals surface area contributed by atoms with Gasteiger partial charge in [-0.2, -0.15) is 5.10 Å². The van der Waals surface area contributed by atoms with E-state index in [0.29, 0.717) is 0 Å². The van der Waals surface area contributed by atoms with Crippen molar-refractivity contribution in [1.82, 2.24) is 14.7 Å². The molecule has 0 bridgehead atoms. The highest BCUT2D eigenvalue weighted by atomic mass is 16.5. The van der Waals surface area contributed by atoms with E-state index in [1.165, 1.54) is 0 Å². The predicted octanol–water partition coefficient (Wildman–Crippen LogP) is 2.75. The normalized spacial score (nSPS) is 17.1. The molecule has 0 saturated carbocycles. The van der Waals surface area contributed by atoms with Crippen molar-refractivity contribution in [3.63, 3.8) is 0 Å². The number of likely N-dealkylation sites (tertiary alicyclic amines) is 1. The summed E-state index contributed by atoms with van der Waals surface area (Å²) in [4.78, 5) is 26.3. The molecule has 1 unspecified atom stereocenters. The molecule has 1 aliphatic heterocycles. The number of benzene rings is 1. The number of esters is 1. The number of hydrogen-bond acceptors (Lipinski definition) is 4. The van der Waals surface area contributed by atoms with Gasteiger partial charge in [-0.1, -0.05) is 25.1 Å². The van der Waals surface area contributed by atoms with Gasteiger partial charge in [0.05, 0.1) is 18.3 Å². The predicted molar refractivity (Wildman–Crippen MR) is 97.9 cm³/mol. The van der Waals surface area contributed by atoms with E-state index in [0.717, 1.165) is 43.5 Å². The largest absolute Gasteiger partial charge is 0.455 e. The second-order valence-electron chi connectivity index (χ2n) is 6.61. The van der Waals surface area contributed by atoms with Crippen molar-refractivity contribution in [3.8, 4) is 5.69 Å².